The highest BCUT2D eigenvalue weighted by Gasteiger charge is 2.11. The van der Waals surface area contributed by atoms with Crippen molar-refractivity contribution in [2.24, 2.45) is 0 Å². The molecule has 0 fully saturated rings. The van der Waals surface area contributed by atoms with Crippen molar-refractivity contribution in [3.05, 3.63) is 36.5 Å². The van der Waals surface area contributed by atoms with Gasteiger partial charge in [0, 0.05) is 12.1 Å². The molecule has 10 heteroatoms. The zero-order valence-electron chi connectivity index (χ0n) is 15.2. The molecule has 0 saturated heterocycles. The van der Waals surface area contributed by atoms with E-state index in [1.54, 1.807) is 36.5 Å². The number of nitrogens with zero attached hydrogens (tertiary/aromatic N) is 3. The summed E-state index contributed by atoms with van der Waals surface area (Å²) in [5.74, 6) is 0.699. The second kappa shape index (κ2) is 8.16. The predicted molar refractivity (Wildman–Crippen MR) is 104 cm³/mol. The minimum atomic E-state index is -1.19. The number of carboxylic acid groups (broad SMARTS) is 1. The maximum absolute atomic E-state index is 11.7. The molecule has 3 amide bonds. The Balaban J connectivity index is 1.94. The van der Waals surface area contributed by atoms with Gasteiger partial charge < -0.3 is 15.2 Å². The van der Waals surface area contributed by atoms with Gasteiger partial charge in [0.05, 0.1) is 24.7 Å². The Kier molecular flexibility index (Phi) is 5.49. The number of methoxy groups -OCH3 is 1. The topological polar surface area (TPSA) is 138 Å². The summed E-state index contributed by atoms with van der Waals surface area (Å²) in [5, 5.41) is 16.4. The van der Waals surface area contributed by atoms with Crippen molar-refractivity contribution in [1.82, 2.24) is 20.3 Å². The van der Waals surface area contributed by atoms with E-state index in [2.05, 4.69) is 30.9 Å². The summed E-state index contributed by atoms with van der Waals surface area (Å²) in [5.41, 5.74) is 2.44. The van der Waals surface area contributed by atoms with Crippen LogP contribution in [0.5, 0.6) is 5.75 Å². The third kappa shape index (κ3) is 4.23. The van der Waals surface area contributed by atoms with E-state index in [1.165, 1.54) is 7.11 Å². The van der Waals surface area contributed by atoms with Crippen LogP contribution in [0.4, 0.5) is 21.1 Å². The van der Waals surface area contributed by atoms with Crippen LogP contribution in [-0.4, -0.2) is 45.8 Å². The van der Waals surface area contributed by atoms with Gasteiger partial charge in [-0.15, -0.1) is 0 Å². The number of fused-ring (bicyclic) bond motifs is 1. The molecule has 0 saturated carbocycles. The van der Waals surface area contributed by atoms with Crippen LogP contribution in [0.2, 0.25) is 0 Å². The lowest BCUT2D eigenvalue weighted by molar-refractivity contribution is 0.209. The zero-order valence-corrected chi connectivity index (χ0v) is 15.2. The molecule has 2 aromatic heterocycles. The number of amides is 3. The molecule has 0 aliphatic carbocycles. The summed E-state index contributed by atoms with van der Waals surface area (Å²) < 4.78 is 5.24. The number of ether oxygens (including phenoxy) is 1. The van der Waals surface area contributed by atoms with E-state index in [0.29, 0.717) is 46.2 Å². The summed E-state index contributed by atoms with van der Waals surface area (Å²) in [6.45, 7) is 2.31. The first-order valence-electron chi connectivity index (χ1n) is 8.37. The lowest BCUT2D eigenvalue weighted by Gasteiger charge is -2.10. The fraction of sp³-hybridized carbons (Fsp3) is 0.167. The Bertz CT molecular complexity index is 1040. The van der Waals surface area contributed by atoms with Crippen LogP contribution in [0, 0.1) is 0 Å². The molecule has 10 nitrogen and oxygen atoms in total. The summed E-state index contributed by atoms with van der Waals surface area (Å²) >= 11 is 0. The number of aromatic nitrogens is 3. The average Bonchev–Trinajstić information content (AvgIpc) is 2.67. The van der Waals surface area contributed by atoms with Gasteiger partial charge in [0.15, 0.2) is 5.65 Å². The number of hydrogen-bond donors (Lipinski definition) is 4. The number of hydrogen-bond acceptors (Lipinski definition) is 6. The maximum Gasteiger partial charge on any atom is 0.409 e. The maximum atomic E-state index is 11.7. The molecule has 2 heterocycles. The Morgan fingerprint density at radius 2 is 1.96 bits per heavy atom. The highest BCUT2D eigenvalue weighted by Crippen LogP contribution is 2.30. The quantitative estimate of drug-likeness (QED) is 0.532. The highest BCUT2D eigenvalue weighted by atomic mass is 16.5. The molecule has 1 aromatic carbocycles. The van der Waals surface area contributed by atoms with Crippen molar-refractivity contribution in [2.45, 2.75) is 6.92 Å². The van der Waals surface area contributed by atoms with Crippen molar-refractivity contribution in [3.63, 3.8) is 0 Å². The van der Waals surface area contributed by atoms with Gasteiger partial charge in [-0.3, -0.25) is 15.6 Å². The smallest absolute Gasteiger partial charge is 0.409 e. The van der Waals surface area contributed by atoms with Gasteiger partial charge in [-0.1, -0.05) is 6.07 Å². The first kappa shape index (κ1) is 18.8. The number of anilines is 2. The van der Waals surface area contributed by atoms with Crippen LogP contribution in [0.1, 0.15) is 6.92 Å². The fourth-order valence-electron chi connectivity index (χ4n) is 2.50. The lowest BCUT2D eigenvalue weighted by Crippen LogP contribution is -2.28. The van der Waals surface area contributed by atoms with Gasteiger partial charge in [-0.25, -0.2) is 19.6 Å². The van der Waals surface area contributed by atoms with Gasteiger partial charge in [-0.05, 0) is 31.2 Å². The van der Waals surface area contributed by atoms with Gasteiger partial charge in [0.1, 0.15) is 17.1 Å². The summed E-state index contributed by atoms with van der Waals surface area (Å²) in [6.07, 6.45) is 0.396. The number of urea groups is 1. The fourth-order valence-corrected chi connectivity index (χ4v) is 2.50. The number of benzene rings is 1. The average molecular weight is 382 g/mol. The van der Waals surface area contributed by atoms with Crippen molar-refractivity contribution >= 4 is 34.8 Å². The largest absolute Gasteiger partial charge is 0.495 e. The van der Waals surface area contributed by atoms with E-state index in [9.17, 15) is 9.59 Å². The van der Waals surface area contributed by atoms with E-state index in [4.69, 9.17) is 9.84 Å². The number of rotatable bonds is 5. The van der Waals surface area contributed by atoms with Crippen molar-refractivity contribution in [3.8, 4) is 17.0 Å². The Labute approximate surface area is 160 Å². The monoisotopic (exact) mass is 382 g/mol. The van der Waals surface area contributed by atoms with Gasteiger partial charge in [0.2, 0.25) is 0 Å². The second-order valence-corrected chi connectivity index (χ2v) is 5.62. The van der Waals surface area contributed by atoms with Crippen molar-refractivity contribution < 1.29 is 19.4 Å². The Hall–Kier alpha value is -3.95. The van der Waals surface area contributed by atoms with Gasteiger partial charge in [0.25, 0.3) is 0 Å². The van der Waals surface area contributed by atoms with E-state index in [1.807, 2.05) is 6.92 Å². The first-order valence-corrected chi connectivity index (χ1v) is 8.37. The minimum Gasteiger partial charge on any atom is -0.495 e. The molecule has 144 valence electrons. The Morgan fingerprint density at radius 3 is 2.68 bits per heavy atom. The van der Waals surface area contributed by atoms with Crippen LogP contribution >= 0.6 is 0 Å². The third-order valence-electron chi connectivity index (χ3n) is 3.72. The Morgan fingerprint density at radius 1 is 1.14 bits per heavy atom. The van der Waals surface area contributed by atoms with Crippen molar-refractivity contribution in [2.75, 3.05) is 24.3 Å². The molecule has 4 N–H and O–H groups in total. The molecule has 3 rings (SSSR count). The highest BCUT2D eigenvalue weighted by molar-refractivity contribution is 5.89. The molecule has 0 unspecified atom stereocenters. The number of carbonyl (C=O) groups is 2. The molecular weight excluding hydrogens is 364 g/mol. The summed E-state index contributed by atoms with van der Waals surface area (Å²) in [6, 6.07) is 7.92. The first-order chi connectivity index (χ1) is 13.5. The van der Waals surface area contributed by atoms with Crippen LogP contribution < -0.4 is 20.7 Å². The molecule has 3 aromatic rings. The molecule has 0 bridgehead atoms. The zero-order chi connectivity index (χ0) is 20.1. The minimum absolute atomic E-state index is 0.319. The van der Waals surface area contributed by atoms with E-state index >= 15 is 0 Å². The molecule has 0 atom stereocenters. The number of nitrogens with one attached hydrogen (secondary N) is 3. The van der Waals surface area contributed by atoms with Gasteiger partial charge >= 0.3 is 12.1 Å². The predicted octanol–water partition coefficient (Wildman–Crippen LogP) is 2.93. The van der Waals surface area contributed by atoms with Crippen LogP contribution in [0.15, 0.2) is 36.5 Å². The third-order valence-corrected chi connectivity index (χ3v) is 3.72. The van der Waals surface area contributed by atoms with E-state index in [0.717, 1.165) is 0 Å². The lowest BCUT2D eigenvalue weighted by atomic mass is 10.1. The molecule has 0 spiro atoms. The van der Waals surface area contributed by atoms with Crippen LogP contribution in [-0.2, 0) is 0 Å². The van der Waals surface area contributed by atoms with Crippen LogP contribution in [0.3, 0.4) is 0 Å². The molecule has 0 aliphatic heterocycles. The van der Waals surface area contributed by atoms with E-state index < -0.39 is 6.09 Å². The number of carbonyl (C=O) groups excluding carboxylic acids is 1. The summed E-state index contributed by atoms with van der Waals surface area (Å²) in [7, 11) is 1.44. The molecule has 0 aliphatic rings. The molecule has 0 radical (unpaired) electrons. The second-order valence-electron chi connectivity index (χ2n) is 5.62. The van der Waals surface area contributed by atoms with E-state index in [-0.39, 0.29) is 6.03 Å². The van der Waals surface area contributed by atoms with Crippen molar-refractivity contribution in [1.29, 1.82) is 0 Å². The standard InChI is InChI=1S/C18H18N6O4/c1-3-19-17(25)24-15-7-6-12-16(23-15)21-13(9-20-12)10-4-5-11(22-18(26)27)14(8-10)28-2/h4-9,22H,3H2,1-2H3,(H,26,27)(H2,19,21,23,24,25). The van der Waals surface area contributed by atoms with Crippen LogP contribution in [0.25, 0.3) is 22.4 Å². The SMILES string of the molecule is CCNC(=O)Nc1ccc2ncc(-c3ccc(NC(=O)O)c(OC)c3)nc2n1. The molecular formula is C18H18N6O4. The molecule has 28 heavy (non-hydrogen) atoms. The van der Waals surface area contributed by atoms with Gasteiger partial charge in [-0.2, -0.15) is 0 Å². The number of pyridine rings is 1. The normalized spacial score (nSPS) is 10.4. The summed E-state index contributed by atoms with van der Waals surface area (Å²) in [4.78, 5) is 35.7.